The van der Waals surface area contributed by atoms with Crippen molar-refractivity contribution in [1.29, 1.82) is 0 Å². The summed E-state index contributed by atoms with van der Waals surface area (Å²) in [4.78, 5) is 7.98. The molecule has 5 nitrogen and oxygen atoms in total. The van der Waals surface area contributed by atoms with E-state index in [0.29, 0.717) is 11.7 Å². The predicted octanol–water partition coefficient (Wildman–Crippen LogP) is 1.77. The van der Waals surface area contributed by atoms with Gasteiger partial charge in [-0.05, 0) is 6.92 Å². The van der Waals surface area contributed by atoms with Gasteiger partial charge in [0, 0.05) is 23.9 Å². The van der Waals surface area contributed by atoms with Crippen LogP contribution in [0.15, 0.2) is 18.7 Å². The van der Waals surface area contributed by atoms with Crippen LogP contribution >= 0.6 is 11.6 Å². The largest absolute Gasteiger partial charge is 0.366 e. The van der Waals surface area contributed by atoms with Gasteiger partial charge in [-0.2, -0.15) is 5.10 Å². The Morgan fingerprint density at radius 2 is 2.33 bits per heavy atom. The summed E-state index contributed by atoms with van der Waals surface area (Å²) in [5.74, 6) is 0.746. The number of anilines is 1. The average molecular weight is 224 g/mol. The molecule has 2 N–H and O–H groups in total. The molecule has 0 saturated carbocycles. The molecule has 0 fully saturated rings. The molecule has 0 bridgehead atoms. The maximum atomic E-state index is 5.86. The van der Waals surface area contributed by atoms with E-state index in [1.165, 1.54) is 6.33 Å². The van der Waals surface area contributed by atoms with E-state index in [1.54, 1.807) is 6.20 Å². The number of aromatic amines is 1. The second-order valence-corrected chi connectivity index (χ2v) is 3.46. The standard InChI is InChI=1S/C9H10ClN5/c1-6-8(10)12-5-13-9(6)11-2-7-3-14-15-4-7/h3-5H,2H2,1H3,(H,14,15)(H,11,12,13). The average Bonchev–Trinajstić information content (AvgIpc) is 2.73. The van der Waals surface area contributed by atoms with Gasteiger partial charge < -0.3 is 5.32 Å². The van der Waals surface area contributed by atoms with Crippen molar-refractivity contribution >= 4 is 17.4 Å². The summed E-state index contributed by atoms with van der Waals surface area (Å²) in [6, 6.07) is 0. The molecule has 2 heterocycles. The number of aromatic nitrogens is 4. The van der Waals surface area contributed by atoms with Crippen LogP contribution in [-0.4, -0.2) is 20.2 Å². The van der Waals surface area contributed by atoms with Crippen molar-refractivity contribution in [3.63, 3.8) is 0 Å². The smallest absolute Gasteiger partial charge is 0.137 e. The maximum Gasteiger partial charge on any atom is 0.137 e. The first-order chi connectivity index (χ1) is 7.27. The summed E-state index contributed by atoms with van der Waals surface area (Å²) in [5.41, 5.74) is 1.91. The van der Waals surface area contributed by atoms with Crippen LogP contribution in [0.5, 0.6) is 0 Å². The molecule has 15 heavy (non-hydrogen) atoms. The summed E-state index contributed by atoms with van der Waals surface area (Å²) >= 11 is 5.86. The summed E-state index contributed by atoms with van der Waals surface area (Å²) in [7, 11) is 0. The molecule has 2 rings (SSSR count). The van der Waals surface area contributed by atoms with Crippen molar-refractivity contribution < 1.29 is 0 Å². The fourth-order valence-corrected chi connectivity index (χ4v) is 1.30. The molecule has 0 amide bonds. The van der Waals surface area contributed by atoms with Gasteiger partial charge in [-0.25, -0.2) is 9.97 Å². The van der Waals surface area contributed by atoms with Gasteiger partial charge in [-0.1, -0.05) is 11.6 Å². The second-order valence-electron chi connectivity index (χ2n) is 3.10. The van der Waals surface area contributed by atoms with Gasteiger partial charge in [0.1, 0.15) is 17.3 Å². The minimum absolute atomic E-state index is 0.472. The van der Waals surface area contributed by atoms with Crippen molar-refractivity contribution in [2.75, 3.05) is 5.32 Å². The Morgan fingerprint density at radius 1 is 1.47 bits per heavy atom. The molecule has 0 aliphatic carbocycles. The van der Waals surface area contributed by atoms with Crippen LogP contribution in [0, 0.1) is 6.92 Å². The van der Waals surface area contributed by atoms with Crippen LogP contribution in [0.3, 0.4) is 0 Å². The molecular weight excluding hydrogens is 214 g/mol. The third-order valence-corrected chi connectivity index (χ3v) is 2.42. The lowest BCUT2D eigenvalue weighted by Crippen LogP contribution is -2.03. The lowest BCUT2D eigenvalue weighted by molar-refractivity contribution is 1.06. The van der Waals surface area contributed by atoms with E-state index in [-0.39, 0.29) is 0 Å². The van der Waals surface area contributed by atoms with Crippen molar-refractivity contribution in [3.05, 3.63) is 35.0 Å². The Bertz CT molecular complexity index is 440. The SMILES string of the molecule is Cc1c(Cl)ncnc1NCc1cn[nH]c1. The Kier molecular flexibility index (Phi) is 2.82. The van der Waals surface area contributed by atoms with E-state index in [4.69, 9.17) is 11.6 Å². The molecule has 78 valence electrons. The first-order valence-electron chi connectivity index (χ1n) is 4.46. The van der Waals surface area contributed by atoms with Crippen molar-refractivity contribution in [2.45, 2.75) is 13.5 Å². The Morgan fingerprint density at radius 3 is 3.07 bits per heavy atom. The first-order valence-corrected chi connectivity index (χ1v) is 4.84. The van der Waals surface area contributed by atoms with Gasteiger partial charge in [0.2, 0.25) is 0 Å². The minimum Gasteiger partial charge on any atom is -0.366 e. The number of hydrogen-bond donors (Lipinski definition) is 2. The van der Waals surface area contributed by atoms with E-state index in [2.05, 4.69) is 25.5 Å². The highest BCUT2D eigenvalue weighted by molar-refractivity contribution is 6.30. The third-order valence-electron chi connectivity index (χ3n) is 2.04. The number of hydrogen-bond acceptors (Lipinski definition) is 4. The number of nitrogens with zero attached hydrogens (tertiary/aromatic N) is 3. The van der Waals surface area contributed by atoms with E-state index in [0.717, 1.165) is 16.9 Å². The Labute approximate surface area is 91.9 Å². The Hall–Kier alpha value is -1.62. The van der Waals surface area contributed by atoms with Gasteiger partial charge in [0.25, 0.3) is 0 Å². The van der Waals surface area contributed by atoms with E-state index in [1.807, 2.05) is 13.1 Å². The molecule has 0 spiro atoms. The van der Waals surface area contributed by atoms with Gasteiger partial charge >= 0.3 is 0 Å². The van der Waals surface area contributed by atoms with Gasteiger partial charge in [0.05, 0.1) is 6.20 Å². The van der Waals surface area contributed by atoms with Crippen LogP contribution in [0.4, 0.5) is 5.82 Å². The molecule has 0 aliphatic rings. The summed E-state index contributed by atoms with van der Waals surface area (Å²) in [6.45, 7) is 2.53. The number of H-pyrrole nitrogens is 1. The Balaban J connectivity index is 2.08. The van der Waals surface area contributed by atoms with E-state index < -0.39 is 0 Å². The zero-order valence-electron chi connectivity index (χ0n) is 8.16. The lowest BCUT2D eigenvalue weighted by Gasteiger charge is -2.06. The summed E-state index contributed by atoms with van der Waals surface area (Å²) in [5, 5.41) is 10.2. The molecular formula is C9H10ClN5. The van der Waals surface area contributed by atoms with E-state index >= 15 is 0 Å². The molecule has 0 unspecified atom stereocenters. The minimum atomic E-state index is 0.472. The molecule has 2 aromatic heterocycles. The monoisotopic (exact) mass is 223 g/mol. The van der Waals surface area contributed by atoms with Crippen LogP contribution in [0.25, 0.3) is 0 Å². The predicted molar refractivity (Wildman–Crippen MR) is 57.7 cm³/mol. The molecule has 0 atom stereocenters. The zero-order chi connectivity index (χ0) is 10.7. The van der Waals surface area contributed by atoms with Gasteiger partial charge in [0.15, 0.2) is 0 Å². The highest BCUT2D eigenvalue weighted by Gasteiger charge is 2.04. The third kappa shape index (κ3) is 2.24. The van der Waals surface area contributed by atoms with Gasteiger partial charge in [-0.3, -0.25) is 5.10 Å². The summed E-state index contributed by atoms with van der Waals surface area (Å²) in [6.07, 6.45) is 5.02. The molecule has 0 saturated heterocycles. The van der Waals surface area contributed by atoms with Crippen molar-refractivity contribution in [3.8, 4) is 0 Å². The maximum absolute atomic E-state index is 5.86. The van der Waals surface area contributed by atoms with Crippen molar-refractivity contribution in [2.24, 2.45) is 0 Å². The highest BCUT2D eigenvalue weighted by Crippen LogP contribution is 2.18. The molecule has 0 aromatic carbocycles. The first kappa shape index (κ1) is 9.92. The van der Waals surface area contributed by atoms with Crippen LogP contribution in [0.1, 0.15) is 11.1 Å². The lowest BCUT2D eigenvalue weighted by atomic mass is 10.3. The van der Waals surface area contributed by atoms with Crippen LogP contribution in [-0.2, 0) is 6.54 Å². The van der Waals surface area contributed by atoms with Crippen molar-refractivity contribution in [1.82, 2.24) is 20.2 Å². The molecule has 2 aromatic rings. The number of rotatable bonds is 3. The fraction of sp³-hybridized carbons (Fsp3) is 0.222. The fourth-order valence-electron chi connectivity index (χ4n) is 1.17. The van der Waals surface area contributed by atoms with Gasteiger partial charge in [-0.15, -0.1) is 0 Å². The number of nitrogens with one attached hydrogen (secondary N) is 2. The molecule has 6 heteroatoms. The highest BCUT2D eigenvalue weighted by atomic mass is 35.5. The van der Waals surface area contributed by atoms with Crippen LogP contribution < -0.4 is 5.32 Å². The second kappa shape index (κ2) is 4.27. The topological polar surface area (TPSA) is 66.5 Å². The summed E-state index contributed by atoms with van der Waals surface area (Å²) < 4.78 is 0. The van der Waals surface area contributed by atoms with Crippen LogP contribution in [0.2, 0.25) is 5.15 Å². The van der Waals surface area contributed by atoms with E-state index in [9.17, 15) is 0 Å². The zero-order valence-corrected chi connectivity index (χ0v) is 8.91. The number of halogens is 1. The quantitative estimate of drug-likeness (QED) is 0.779. The normalized spacial score (nSPS) is 10.3. The molecule has 0 aliphatic heterocycles. The molecule has 0 radical (unpaired) electrons.